The van der Waals surface area contributed by atoms with Gasteiger partial charge in [0.1, 0.15) is 18.8 Å². The van der Waals surface area contributed by atoms with Crippen molar-refractivity contribution in [1.82, 2.24) is 0 Å². The predicted molar refractivity (Wildman–Crippen MR) is 166 cm³/mol. The van der Waals surface area contributed by atoms with E-state index < -0.39 is 59.4 Å². The van der Waals surface area contributed by atoms with Crippen molar-refractivity contribution in [2.45, 2.75) is 28.9 Å². The third kappa shape index (κ3) is 7.48. The quantitative estimate of drug-likeness (QED) is 0.126. The van der Waals surface area contributed by atoms with Gasteiger partial charge in [-0.05, 0) is 64.5 Å². The molecule has 4 aromatic rings. The van der Waals surface area contributed by atoms with E-state index in [-0.39, 0.29) is 22.3 Å². The number of halogens is 1. The highest BCUT2D eigenvalue weighted by Crippen LogP contribution is 2.40. The van der Waals surface area contributed by atoms with Crippen LogP contribution in [-0.2, 0) is 23.7 Å². The van der Waals surface area contributed by atoms with E-state index >= 15 is 0 Å². The molecule has 11 heteroatoms. The first-order valence-electron chi connectivity index (χ1n) is 14.1. The minimum Gasteiger partial charge on any atom is -0.459 e. The van der Waals surface area contributed by atoms with Crippen molar-refractivity contribution in [3.8, 4) is 6.07 Å². The molecule has 0 amide bonds. The number of ether oxygens (including phenoxy) is 5. The van der Waals surface area contributed by atoms with E-state index in [2.05, 4.69) is 15.9 Å². The molecule has 232 valence electrons. The number of carbonyl (C=O) groups is 4. The Morgan fingerprint density at radius 3 is 1.39 bits per heavy atom. The average molecular weight is 684 g/mol. The summed E-state index contributed by atoms with van der Waals surface area (Å²) in [7, 11) is 0. The van der Waals surface area contributed by atoms with Crippen LogP contribution in [0.25, 0.3) is 0 Å². The van der Waals surface area contributed by atoms with Gasteiger partial charge >= 0.3 is 23.9 Å². The van der Waals surface area contributed by atoms with Crippen LogP contribution in [0.5, 0.6) is 0 Å². The summed E-state index contributed by atoms with van der Waals surface area (Å²) in [6.07, 6.45) is -6.20. The first-order valence-corrected chi connectivity index (χ1v) is 14.9. The Bertz CT molecular complexity index is 1710. The molecule has 1 aliphatic rings. The van der Waals surface area contributed by atoms with Gasteiger partial charge in [0.2, 0.25) is 0 Å². The maximum atomic E-state index is 13.4. The molecule has 0 aromatic heterocycles. The van der Waals surface area contributed by atoms with Crippen molar-refractivity contribution in [1.29, 1.82) is 5.26 Å². The zero-order valence-corrected chi connectivity index (χ0v) is 25.6. The minimum absolute atomic E-state index is 0.138. The van der Waals surface area contributed by atoms with Crippen molar-refractivity contribution in [3.05, 3.63) is 144 Å². The summed E-state index contributed by atoms with van der Waals surface area (Å²) >= 11 is 3.25. The smallest absolute Gasteiger partial charge is 0.338 e. The molecule has 1 fully saturated rings. The molecule has 0 bridgehead atoms. The summed E-state index contributed by atoms with van der Waals surface area (Å²) in [5, 5.41) is 10.3. The van der Waals surface area contributed by atoms with Gasteiger partial charge in [0.25, 0.3) is 4.51 Å². The lowest BCUT2D eigenvalue weighted by molar-refractivity contribution is -0.224. The molecular formula is C35H26BrNO9. The lowest BCUT2D eigenvalue weighted by atomic mass is 9.94. The molecule has 4 aromatic carbocycles. The van der Waals surface area contributed by atoms with E-state index in [4.69, 9.17) is 23.7 Å². The molecule has 0 N–H and O–H groups in total. The molecule has 46 heavy (non-hydrogen) atoms. The number of benzene rings is 4. The van der Waals surface area contributed by atoms with Crippen molar-refractivity contribution in [2.24, 2.45) is 0 Å². The average Bonchev–Trinajstić information content (AvgIpc) is 3.11. The summed E-state index contributed by atoms with van der Waals surface area (Å²) in [5.41, 5.74) is 0.673. The van der Waals surface area contributed by atoms with Crippen LogP contribution >= 0.6 is 15.9 Å². The number of nitriles is 1. The van der Waals surface area contributed by atoms with Gasteiger partial charge in [-0.25, -0.2) is 19.2 Å². The summed E-state index contributed by atoms with van der Waals surface area (Å²) in [4.78, 5) is 53.0. The highest BCUT2D eigenvalue weighted by atomic mass is 79.9. The zero-order chi connectivity index (χ0) is 32.5. The summed E-state index contributed by atoms with van der Waals surface area (Å²) in [5.74, 6) is -3.27. The van der Waals surface area contributed by atoms with Crippen molar-refractivity contribution in [3.63, 3.8) is 0 Å². The van der Waals surface area contributed by atoms with Crippen LogP contribution in [0.4, 0.5) is 0 Å². The van der Waals surface area contributed by atoms with Gasteiger partial charge < -0.3 is 23.7 Å². The predicted octanol–water partition coefficient (Wildman–Crippen LogP) is 5.53. The number of alkyl halides is 1. The molecule has 4 unspecified atom stereocenters. The molecule has 0 radical (unpaired) electrons. The molecular weight excluding hydrogens is 658 g/mol. The fraction of sp³-hybridized carbons (Fsp3) is 0.171. The second-order valence-electron chi connectivity index (χ2n) is 10.0. The lowest BCUT2D eigenvalue weighted by Crippen LogP contribution is -2.65. The fourth-order valence-electron chi connectivity index (χ4n) is 4.69. The largest absolute Gasteiger partial charge is 0.459 e. The monoisotopic (exact) mass is 683 g/mol. The molecule has 1 aliphatic heterocycles. The molecule has 0 saturated carbocycles. The molecule has 0 aliphatic carbocycles. The Morgan fingerprint density at radius 1 is 0.609 bits per heavy atom. The van der Waals surface area contributed by atoms with E-state index in [0.717, 1.165) is 0 Å². The van der Waals surface area contributed by atoms with Crippen LogP contribution < -0.4 is 0 Å². The van der Waals surface area contributed by atoms with Gasteiger partial charge in [0.15, 0.2) is 18.3 Å². The van der Waals surface area contributed by atoms with Crippen molar-refractivity contribution < 1.29 is 42.9 Å². The fourth-order valence-corrected chi connectivity index (χ4v) is 5.28. The Morgan fingerprint density at radius 2 is 0.978 bits per heavy atom. The minimum atomic E-state index is -2.14. The number of rotatable bonds is 9. The first-order chi connectivity index (χ1) is 22.3. The van der Waals surface area contributed by atoms with Gasteiger partial charge in [-0.15, -0.1) is 0 Å². The van der Waals surface area contributed by atoms with Crippen LogP contribution in [0.1, 0.15) is 41.4 Å². The topological polar surface area (TPSA) is 138 Å². The third-order valence-corrected chi connectivity index (χ3v) is 7.78. The van der Waals surface area contributed by atoms with Crippen LogP contribution in [-0.4, -0.2) is 59.4 Å². The van der Waals surface area contributed by atoms with E-state index in [1.807, 2.05) is 6.07 Å². The van der Waals surface area contributed by atoms with E-state index in [1.165, 1.54) is 36.4 Å². The van der Waals surface area contributed by atoms with Gasteiger partial charge in [0.05, 0.1) is 22.3 Å². The molecule has 1 heterocycles. The SMILES string of the molecule is N#C[C@]1(Br)OC(COC(=O)c2ccccc2)C(OC(=O)c2ccccc2)C(OC(=O)c2ccccc2)C1OC(=O)c1ccccc1. The lowest BCUT2D eigenvalue weighted by Gasteiger charge is -2.46. The van der Waals surface area contributed by atoms with E-state index in [9.17, 15) is 24.4 Å². The van der Waals surface area contributed by atoms with Gasteiger partial charge in [-0.3, -0.25) is 0 Å². The van der Waals surface area contributed by atoms with E-state index in [0.29, 0.717) is 0 Å². The summed E-state index contributed by atoms with van der Waals surface area (Å²) < 4.78 is 27.0. The van der Waals surface area contributed by atoms with Gasteiger partial charge in [0, 0.05) is 0 Å². The molecule has 1 saturated heterocycles. The number of carbonyl (C=O) groups excluding carboxylic acids is 4. The molecule has 5 rings (SSSR count). The highest BCUT2D eigenvalue weighted by molar-refractivity contribution is 9.10. The van der Waals surface area contributed by atoms with Crippen LogP contribution in [0.2, 0.25) is 0 Å². The van der Waals surface area contributed by atoms with Gasteiger partial charge in [-0.2, -0.15) is 5.26 Å². The summed E-state index contributed by atoms with van der Waals surface area (Å²) in [6.45, 7) is -0.533. The third-order valence-electron chi connectivity index (χ3n) is 6.97. The zero-order valence-electron chi connectivity index (χ0n) is 24.1. The van der Waals surface area contributed by atoms with Crippen LogP contribution in [0, 0.1) is 11.3 Å². The van der Waals surface area contributed by atoms with Gasteiger partial charge in [-0.1, -0.05) is 72.8 Å². The Hall–Kier alpha value is -5.31. The normalized spacial score (nSPS) is 22.0. The number of hydrogen-bond donors (Lipinski definition) is 0. The number of nitrogens with zero attached hydrogens (tertiary/aromatic N) is 1. The Kier molecular flexibility index (Phi) is 10.2. The molecule has 10 nitrogen and oxygen atoms in total. The Labute approximate surface area is 272 Å². The Balaban J connectivity index is 1.54. The second-order valence-corrected chi connectivity index (χ2v) is 11.2. The van der Waals surface area contributed by atoms with E-state index in [1.54, 1.807) is 84.9 Å². The number of hydrogen-bond acceptors (Lipinski definition) is 10. The summed E-state index contributed by atoms with van der Waals surface area (Å²) in [6, 6.07) is 33.9. The van der Waals surface area contributed by atoms with Crippen molar-refractivity contribution in [2.75, 3.05) is 6.61 Å². The van der Waals surface area contributed by atoms with Crippen LogP contribution in [0.15, 0.2) is 121 Å². The van der Waals surface area contributed by atoms with Crippen LogP contribution in [0.3, 0.4) is 0 Å². The second kappa shape index (κ2) is 14.6. The number of esters is 4. The first kappa shape index (κ1) is 32.1. The highest BCUT2D eigenvalue weighted by Gasteiger charge is 2.60. The standard InChI is InChI=1S/C35H26BrNO9/c36-35(22-37)30(45-34(41)26-19-11-4-12-20-26)29(44-33(40)25-17-9-3-10-18-25)28(43-32(39)24-15-7-2-8-16-24)27(46-35)21-42-31(38)23-13-5-1-6-14-23/h1-20,27-30H,21H2/t27?,28?,29?,30?,35-/m0/s1. The maximum absolute atomic E-state index is 13.4. The van der Waals surface area contributed by atoms with Crippen molar-refractivity contribution >= 4 is 39.8 Å². The molecule has 5 atom stereocenters. The maximum Gasteiger partial charge on any atom is 0.338 e. The molecule has 0 spiro atoms.